The molecule has 7 heteroatoms. The summed E-state index contributed by atoms with van der Waals surface area (Å²) in [6.45, 7) is 0.668. The van der Waals surface area contributed by atoms with E-state index in [0.717, 1.165) is 5.69 Å². The molecule has 1 aliphatic heterocycles. The van der Waals surface area contributed by atoms with Crippen LogP contribution in [0.1, 0.15) is 10.5 Å². The van der Waals surface area contributed by atoms with Gasteiger partial charge in [-0.3, -0.25) is 4.79 Å². The molecule has 1 aliphatic rings. The Kier molecular flexibility index (Phi) is 4.65. The van der Waals surface area contributed by atoms with E-state index in [1.165, 1.54) is 7.11 Å². The second-order valence-corrected chi connectivity index (χ2v) is 6.03. The van der Waals surface area contributed by atoms with Gasteiger partial charge < -0.3 is 19.5 Å². The molecule has 1 N–H and O–H groups in total. The first kappa shape index (κ1) is 17.0. The molecule has 0 radical (unpaired) electrons. The number of fused-ring (bicyclic) bond motifs is 1. The highest BCUT2D eigenvalue weighted by atomic mass is 16.6. The molecule has 7 nitrogen and oxygen atoms in total. The number of hydrogen-bond acceptors (Lipinski definition) is 5. The number of para-hydroxylation sites is 3. The van der Waals surface area contributed by atoms with Crippen molar-refractivity contribution in [1.29, 1.82) is 0 Å². The third-order valence-corrected chi connectivity index (χ3v) is 4.19. The topological polar surface area (TPSA) is 74.6 Å². The lowest BCUT2D eigenvalue weighted by atomic mass is 10.2. The smallest absolute Gasteiger partial charge is 0.275 e. The second kappa shape index (κ2) is 7.41. The van der Waals surface area contributed by atoms with Gasteiger partial charge in [0.25, 0.3) is 5.91 Å². The largest absolute Gasteiger partial charge is 0.493 e. The van der Waals surface area contributed by atoms with E-state index in [9.17, 15) is 4.79 Å². The van der Waals surface area contributed by atoms with E-state index in [-0.39, 0.29) is 17.7 Å². The predicted molar refractivity (Wildman–Crippen MR) is 98.8 cm³/mol. The monoisotopic (exact) mass is 365 g/mol. The highest BCUT2D eigenvalue weighted by Gasteiger charge is 2.23. The first-order chi connectivity index (χ1) is 13.2. The zero-order chi connectivity index (χ0) is 18.6. The molecule has 0 fully saturated rings. The first-order valence-corrected chi connectivity index (χ1v) is 8.60. The number of amides is 1. The molecule has 1 aromatic heterocycles. The van der Waals surface area contributed by atoms with E-state index in [1.807, 2.05) is 54.6 Å². The maximum absolute atomic E-state index is 12.6. The first-order valence-electron chi connectivity index (χ1n) is 8.60. The van der Waals surface area contributed by atoms with Crippen molar-refractivity contribution >= 4 is 5.91 Å². The number of benzene rings is 2. The van der Waals surface area contributed by atoms with E-state index in [0.29, 0.717) is 30.4 Å². The number of methoxy groups -OCH3 is 1. The van der Waals surface area contributed by atoms with Gasteiger partial charge in [-0.25, -0.2) is 4.68 Å². The summed E-state index contributed by atoms with van der Waals surface area (Å²) in [5.41, 5.74) is 1.06. The summed E-state index contributed by atoms with van der Waals surface area (Å²) >= 11 is 0. The van der Waals surface area contributed by atoms with Crippen LogP contribution < -0.4 is 19.5 Å². The standard InChI is InChI=1S/C20H19N3O4/c1-25-18-12-23(14-7-3-2-4-8-14)22-19(18)20(24)21-11-15-13-26-16-9-5-6-10-17(16)27-15/h2-10,12,15H,11,13H2,1H3,(H,21,24)/t15-/m0/s1. The van der Waals surface area contributed by atoms with E-state index >= 15 is 0 Å². The lowest BCUT2D eigenvalue weighted by Crippen LogP contribution is -2.40. The average molecular weight is 365 g/mol. The molecule has 1 amide bonds. The van der Waals surface area contributed by atoms with Crippen molar-refractivity contribution in [3.8, 4) is 22.9 Å². The van der Waals surface area contributed by atoms with Crippen LogP contribution in [0.25, 0.3) is 5.69 Å². The molecule has 27 heavy (non-hydrogen) atoms. The third-order valence-electron chi connectivity index (χ3n) is 4.19. The number of nitrogens with one attached hydrogen (secondary N) is 1. The Morgan fingerprint density at radius 3 is 2.70 bits per heavy atom. The Morgan fingerprint density at radius 1 is 1.19 bits per heavy atom. The molecule has 0 unspecified atom stereocenters. The zero-order valence-corrected chi connectivity index (χ0v) is 14.8. The summed E-state index contributed by atoms with van der Waals surface area (Å²) in [4.78, 5) is 12.6. The molecule has 2 aromatic carbocycles. The number of nitrogens with zero attached hydrogens (tertiary/aromatic N) is 2. The lowest BCUT2D eigenvalue weighted by molar-refractivity contribution is 0.0784. The minimum atomic E-state index is -0.330. The van der Waals surface area contributed by atoms with Crippen LogP contribution in [-0.4, -0.2) is 42.1 Å². The highest BCUT2D eigenvalue weighted by molar-refractivity contribution is 5.95. The molecule has 0 spiro atoms. The summed E-state index contributed by atoms with van der Waals surface area (Å²) in [6.07, 6.45) is 1.41. The molecule has 0 aliphatic carbocycles. The van der Waals surface area contributed by atoms with E-state index < -0.39 is 0 Å². The summed E-state index contributed by atoms with van der Waals surface area (Å²) in [7, 11) is 1.51. The van der Waals surface area contributed by atoms with Gasteiger partial charge in [-0.05, 0) is 24.3 Å². The molecule has 4 rings (SSSR count). The van der Waals surface area contributed by atoms with Gasteiger partial charge >= 0.3 is 0 Å². The van der Waals surface area contributed by atoms with Crippen molar-refractivity contribution in [3.05, 3.63) is 66.5 Å². The SMILES string of the molecule is COc1cn(-c2ccccc2)nc1C(=O)NC[C@H]1COc2ccccc2O1. The summed E-state index contributed by atoms with van der Waals surface area (Å²) in [5.74, 6) is 1.46. The van der Waals surface area contributed by atoms with Crippen LogP contribution in [0.4, 0.5) is 0 Å². The molecule has 0 saturated heterocycles. The van der Waals surface area contributed by atoms with Crippen LogP contribution in [0.15, 0.2) is 60.8 Å². The fourth-order valence-corrected chi connectivity index (χ4v) is 2.83. The van der Waals surface area contributed by atoms with Crippen LogP contribution in [0, 0.1) is 0 Å². The van der Waals surface area contributed by atoms with Gasteiger partial charge in [0, 0.05) is 0 Å². The van der Waals surface area contributed by atoms with Gasteiger partial charge in [0.2, 0.25) is 0 Å². The number of carbonyl (C=O) groups is 1. The van der Waals surface area contributed by atoms with Crippen LogP contribution >= 0.6 is 0 Å². The molecule has 2 heterocycles. The van der Waals surface area contributed by atoms with Crippen LogP contribution in [0.2, 0.25) is 0 Å². The number of aromatic nitrogens is 2. The van der Waals surface area contributed by atoms with Crippen LogP contribution in [0.5, 0.6) is 17.2 Å². The third kappa shape index (κ3) is 3.57. The average Bonchev–Trinajstić information content (AvgIpc) is 3.17. The van der Waals surface area contributed by atoms with Crippen molar-refractivity contribution < 1.29 is 19.0 Å². The van der Waals surface area contributed by atoms with Gasteiger partial charge in [0.1, 0.15) is 12.7 Å². The Labute approximate surface area is 156 Å². The molecule has 1 atom stereocenters. The summed E-state index contributed by atoms with van der Waals surface area (Å²) in [6, 6.07) is 17.0. The highest BCUT2D eigenvalue weighted by Crippen LogP contribution is 2.30. The van der Waals surface area contributed by atoms with Gasteiger partial charge in [-0.15, -0.1) is 0 Å². The second-order valence-electron chi connectivity index (χ2n) is 6.03. The fourth-order valence-electron chi connectivity index (χ4n) is 2.83. The maximum atomic E-state index is 12.6. The van der Waals surface area contributed by atoms with Gasteiger partial charge in [-0.2, -0.15) is 5.10 Å². The number of carbonyl (C=O) groups excluding carboxylic acids is 1. The molecule has 3 aromatic rings. The van der Waals surface area contributed by atoms with Crippen molar-refractivity contribution in [2.45, 2.75) is 6.10 Å². The van der Waals surface area contributed by atoms with Crippen molar-refractivity contribution in [2.75, 3.05) is 20.3 Å². The minimum absolute atomic E-state index is 0.221. The fraction of sp³-hybridized carbons (Fsp3) is 0.200. The van der Waals surface area contributed by atoms with Gasteiger partial charge in [-0.1, -0.05) is 30.3 Å². The Bertz CT molecular complexity index is 939. The summed E-state index contributed by atoms with van der Waals surface area (Å²) < 4.78 is 18.4. The lowest BCUT2D eigenvalue weighted by Gasteiger charge is -2.26. The normalized spacial score (nSPS) is 15.2. The molecule has 0 saturated carbocycles. The van der Waals surface area contributed by atoms with Gasteiger partial charge in [0.05, 0.1) is 25.5 Å². The van der Waals surface area contributed by atoms with Crippen LogP contribution in [-0.2, 0) is 0 Å². The van der Waals surface area contributed by atoms with E-state index in [2.05, 4.69) is 10.4 Å². The molecular weight excluding hydrogens is 346 g/mol. The molecular formula is C20H19N3O4. The van der Waals surface area contributed by atoms with Crippen molar-refractivity contribution in [3.63, 3.8) is 0 Å². The van der Waals surface area contributed by atoms with Gasteiger partial charge in [0.15, 0.2) is 22.9 Å². The Hall–Kier alpha value is -3.48. The quantitative estimate of drug-likeness (QED) is 0.752. The Balaban J connectivity index is 1.44. The van der Waals surface area contributed by atoms with Crippen molar-refractivity contribution in [2.24, 2.45) is 0 Å². The molecule has 0 bridgehead atoms. The van der Waals surface area contributed by atoms with Crippen LogP contribution in [0.3, 0.4) is 0 Å². The number of ether oxygens (including phenoxy) is 3. The zero-order valence-electron chi connectivity index (χ0n) is 14.8. The summed E-state index contributed by atoms with van der Waals surface area (Å²) in [5, 5.41) is 7.20. The predicted octanol–water partition coefficient (Wildman–Crippen LogP) is 2.45. The molecule has 138 valence electrons. The number of rotatable bonds is 5. The minimum Gasteiger partial charge on any atom is -0.493 e. The Morgan fingerprint density at radius 2 is 1.93 bits per heavy atom. The van der Waals surface area contributed by atoms with E-state index in [1.54, 1.807) is 10.9 Å². The number of hydrogen-bond donors (Lipinski definition) is 1. The van der Waals surface area contributed by atoms with E-state index in [4.69, 9.17) is 14.2 Å². The maximum Gasteiger partial charge on any atom is 0.275 e. The van der Waals surface area contributed by atoms with Crippen molar-refractivity contribution in [1.82, 2.24) is 15.1 Å².